The van der Waals surface area contributed by atoms with Crippen LogP contribution < -0.4 is 0 Å². The predicted octanol–water partition coefficient (Wildman–Crippen LogP) is 2.58. The molecule has 0 radical (unpaired) electrons. The number of hydrogen-bond acceptors (Lipinski definition) is 2. The van der Waals surface area contributed by atoms with Crippen LogP contribution in [-0.2, 0) is 4.74 Å². The molecule has 0 saturated carbocycles. The Bertz CT molecular complexity index is 232. The zero-order valence-electron chi connectivity index (χ0n) is 9.30. The number of carbonyl (C=O) groups excluding carboxylic acids is 1. The molecule has 1 fully saturated rings. The second kappa shape index (κ2) is 5.03. The molecule has 3 nitrogen and oxygen atoms in total. The summed E-state index contributed by atoms with van der Waals surface area (Å²) in [7, 11) is 0. The summed E-state index contributed by atoms with van der Waals surface area (Å²) in [6, 6.07) is 0. The van der Waals surface area contributed by atoms with E-state index < -0.39 is 0 Å². The van der Waals surface area contributed by atoms with Crippen molar-refractivity contribution in [3.8, 4) is 0 Å². The molecule has 0 aromatic heterocycles. The normalized spacial score (nSPS) is 16.8. The molecule has 1 rings (SSSR count). The van der Waals surface area contributed by atoms with E-state index >= 15 is 0 Å². The largest absolute Gasteiger partial charge is 0.450 e. The van der Waals surface area contributed by atoms with Gasteiger partial charge < -0.3 is 9.64 Å². The van der Waals surface area contributed by atoms with E-state index in [4.69, 9.17) is 4.74 Å². The highest BCUT2D eigenvalue weighted by Crippen LogP contribution is 2.19. The Balaban J connectivity index is 2.43. The Morgan fingerprint density at radius 3 is 2.36 bits per heavy atom. The lowest BCUT2D eigenvalue weighted by Crippen LogP contribution is -2.36. The fraction of sp³-hybridized carbons (Fsp3) is 0.727. The van der Waals surface area contributed by atoms with E-state index in [1.165, 1.54) is 11.1 Å². The topological polar surface area (TPSA) is 29.5 Å². The minimum Gasteiger partial charge on any atom is -0.450 e. The molecule has 0 spiro atoms. The molecule has 80 valence electrons. The third-order valence-electron chi connectivity index (χ3n) is 2.60. The summed E-state index contributed by atoms with van der Waals surface area (Å²) < 4.78 is 4.95. The van der Waals surface area contributed by atoms with Gasteiger partial charge in [-0.2, -0.15) is 0 Å². The highest BCUT2D eigenvalue weighted by atomic mass is 16.6. The fourth-order valence-electron chi connectivity index (χ4n) is 1.67. The van der Waals surface area contributed by atoms with Crippen LogP contribution in [0.1, 0.15) is 33.6 Å². The molecule has 0 unspecified atom stereocenters. The number of nitrogens with zero attached hydrogens (tertiary/aromatic N) is 1. The van der Waals surface area contributed by atoms with Crippen LogP contribution in [0.25, 0.3) is 0 Å². The summed E-state index contributed by atoms with van der Waals surface area (Å²) in [5, 5.41) is 0. The lowest BCUT2D eigenvalue weighted by Gasteiger charge is -2.28. The molecule has 1 heterocycles. The van der Waals surface area contributed by atoms with Gasteiger partial charge in [-0.05, 0) is 33.6 Å². The first-order valence-electron chi connectivity index (χ1n) is 5.22. The van der Waals surface area contributed by atoms with Crippen LogP contribution in [-0.4, -0.2) is 30.7 Å². The van der Waals surface area contributed by atoms with E-state index in [9.17, 15) is 4.79 Å². The first-order valence-corrected chi connectivity index (χ1v) is 5.22. The number of piperidine rings is 1. The van der Waals surface area contributed by atoms with Gasteiger partial charge in [-0.25, -0.2) is 4.79 Å². The fourth-order valence-corrected chi connectivity index (χ4v) is 1.67. The van der Waals surface area contributed by atoms with Gasteiger partial charge in [-0.15, -0.1) is 0 Å². The van der Waals surface area contributed by atoms with Crippen LogP contribution in [0.4, 0.5) is 4.79 Å². The number of ether oxygens (including phenoxy) is 1. The van der Waals surface area contributed by atoms with Gasteiger partial charge in [0.1, 0.15) is 0 Å². The van der Waals surface area contributed by atoms with Gasteiger partial charge in [0, 0.05) is 13.1 Å². The smallest absolute Gasteiger partial charge is 0.409 e. The number of amides is 1. The number of rotatable bonds is 1. The number of hydrogen-bond donors (Lipinski definition) is 0. The van der Waals surface area contributed by atoms with Crippen molar-refractivity contribution in [1.29, 1.82) is 0 Å². The molecular weight excluding hydrogens is 178 g/mol. The van der Waals surface area contributed by atoms with Gasteiger partial charge in [-0.3, -0.25) is 0 Å². The van der Waals surface area contributed by atoms with Crippen LogP contribution in [0.5, 0.6) is 0 Å². The average molecular weight is 197 g/mol. The third-order valence-corrected chi connectivity index (χ3v) is 2.60. The van der Waals surface area contributed by atoms with Gasteiger partial charge >= 0.3 is 6.09 Å². The van der Waals surface area contributed by atoms with Crippen LogP contribution >= 0.6 is 0 Å². The van der Waals surface area contributed by atoms with Crippen LogP contribution in [0, 0.1) is 0 Å². The Morgan fingerprint density at radius 1 is 1.36 bits per heavy atom. The van der Waals surface area contributed by atoms with Crippen molar-refractivity contribution in [2.45, 2.75) is 33.6 Å². The third kappa shape index (κ3) is 2.76. The Kier molecular flexibility index (Phi) is 3.98. The lowest BCUT2D eigenvalue weighted by molar-refractivity contribution is 0.104. The molecule has 0 atom stereocenters. The Morgan fingerprint density at radius 2 is 1.93 bits per heavy atom. The van der Waals surface area contributed by atoms with Crippen molar-refractivity contribution in [1.82, 2.24) is 4.90 Å². The van der Waals surface area contributed by atoms with Gasteiger partial charge in [0.05, 0.1) is 6.61 Å². The maximum Gasteiger partial charge on any atom is 0.409 e. The highest BCUT2D eigenvalue weighted by molar-refractivity contribution is 5.67. The van der Waals surface area contributed by atoms with E-state index in [0.29, 0.717) is 6.61 Å². The molecule has 0 aromatic rings. The molecule has 3 heteroatoms. The van der Waals surface area contributed by atoms with Crippen LogP contribution in [0.3, 0.4) is 0 Å². The second-order valence-corrected chi connectivity index (χ2v) is 3.79. The van der Waals surface area contributed by atoms with Gasteiger partial charge in [-0.1, -0.05) is 11.1 Å². The van der Waals surface area contributed by atoms with Crippen LogP contribution in [0.15, 0.2) is 11.1 Å². The number of likely N-dealkylation sites (tertiary alicyclic amines) is 1. The van der Waals surface area contributed by atoms with Crippen molar-refractivity contribution in [3.05, 3.63) is 11.1 Å². The van der Waals surface area contributed by atoms with Crippen molar-refractivity contribution < 1.29 is 9.53 Å². The minimum atomic E-state index is -0.166. The molecule has 0 aliphatic carbocycles. The van der Waals surface area contributed by atoms with E-state index in [0.717, 1.165) is 25.9 Å². The summed E-state index contributed by atoms with van der Waals surface area (Å²) in [6.45, 7) is 8.18. The summed E-state index contributed by atoms with van der Waals surface area (Å²) in [5.41, 5.74) is 2.89. The minimum absolute atomic E-state index is 0.166. The molecule has 1 amide bonds. The van der Waals surface area contributed by atoms with Crippen molar-refractivity contribution in [3.63, 3.8) is 0 Å². The molecule has 1 saturated heterocycles. The van der Waals surface area contributed by atoms with E-state index in [-0.39, 0.29) is 6.09 Å². The van der Waals surface area contributed by atoms with E-state index in [1.54, 1.807) is 4.90 Å². The number of allylic oxidation sites excluding steroid dienone is 1. The van der Waals surface area contributed by atoms with Crippen molar-refractivity contribution >= 4 is 6.09 Å². The highest BCUT2D eigenvalue weighted by Gasteiger charge is 2.19. The second-order valence-electron chi connectivity index (χ2n) is 3.79. The van der Waals surface area contributed by atoms with E-state index in [2.05, 4.69) is 13.8 Å². The first kappa shape index (κ1) is 11.1. The van der Waals surface area contributed by atoms with Crippen LogP contribution in [0.2, 0.25) is 0 Å². The zero-order chi connectivity index (χ0) is 10.6. The quantitative estimate of drug-likeness (QED) is 0.605. The molecule has 0 N–H and O–H groups in total. The molecule has 1 aliphatic rings. The SMILES string of the molecule is CCOC(=O)N1CCC(=C(C)C)CC1. The Labute approximate surface area is 85.7 Å². The van der Waals surface area contributed by atoms with E-state index in [1.807, 2.05) is 6.92 Å². The molecule has 0 aromatic carbocycles. The standard InChI is InChI=1S/C11H19NO2/c1-4-14-11(13)12-7-5-10(6-8-12)9(2)3/h4-8H2,1-3H3. The lowest BCUT2D eigenvalue weighted by atomic mass is 10.00. The van der Waals surface area contributed by atoms with Crippen molar-refractivity contribution in [2.75, 3.05) is 19.7 Å². The predicted molar refractivity (Wildman–Crippen MR) is 56.2 cm³/mol. The van der Waals surface area contributed by atoms with Gasteiger partial charge in [0.15, 0.2) is 0 Å². The Hall–Kier alpha value is -0.990. The van der Waals surface area contributed by atoms with Gasteiger partial charge in [0.2, 0.25) is 0 Å². The summed E-state index contributed by atoms with van der Waals surface area (Å²) in [5.74, 6) is 0. The molecule has 14 heavy (non-hydrogen) atoms. The average Bonchev–Trinajstić information content (AvgIpc) is 2.18. The summed E-state index contributed by atoms with van der Waals surface area (Å²) in [6.07, 6.45) is 1.84. The molecule has 1 aliphatic heterocycles. The summed E-state index contributed by atoms with van der Waals surface area (Å²) >= 11 is 0. The maximum absolute atomic E-state index is 11.4. The van der Waals surface area contributed by atoms with Gasteiger partial charge in [0.25, 0.3) is 0 Å². The summed E-state index contributed by atoms with van der Waals surface area (Å²) in [4.78, 5) is 13.1. The monoisotopic (exact) mass is 197 g/mol. The first-order chi connectivity index (χ1) is 6.65. The zero-order valence-corrected chi connectivity index (χ0v) is 9.30. The number of carbonyl (C=O) groups is 1. The van der Waals surface area contributed by atoms with Crippen molar-refractivity contribution in [2.24, 2.45) is 0 Å². The molecular formula is C11H19NO2. The molecule has 0 bridgehead atoms. The maximum atomic E-state index is 11.4.